The molecule has 0 aliphatic rings. The number of halogens is 2. The van der Waals surface area contributed by atoms with Crippen LogP contribution < -0.4 is 10.2 Å². The molecule has 0 radical (unpaired) electrons. The largest absolute Gasteiger partial charge is 0.467 e. The molecule has 4 aromatic rings. The van der Waals surface area contributed by atoms with Gasteiger partial charge in [-0.05, 0) is 53.6 Å². The first-order chi connectivity index (χ1) is 16.5. The molecule has 172 valence electrons. The molecule has 1 heterocycles. The normalized spacial score (nSPS) is 10.6. The Balaban J connectivity index is 1.58. The minimum absolute atomic E-state index is 0.143. The smallest absolute Gasteiger partial charge is 0.260 e. The molecule has 7 heteroatoms. The lowest BCUT2D eigenvalue weighted by atomic mass is 10.1. The highest BCUT2D eigenvalue weighted by Crippen LogP contribution is 2.27. The van der Waals surface area contributed by atoms with E-state index in [2.05, 4.69) is 5.32 Å². The molecule has 0 bridgehead atoms. The van der Waals surface area contributed by atoms with Gasteiger partial charge in [-0.3, -0.25) is 9.59 Å². The van der Waals surface area contributed by atoms with Crippen molar-refractivity contribution in [3.8, 4) is 0 Å². The summed E-state index contributed by atoms with van der Waals surface area (Å²) in [5.41, 5.74) is 2.75. The van der Waals surface area contributed by atoms with Crippen molar-refractivity contribution in [3.05, 3.63) is 124 Å². The van der Waals surface area contributed by atoms with Crippen LogP contribution in [0.2, 0.25) is 10.0 Å². The first-order valence-electron chi connectivity index (χ1n) is 10.7. The molecular weight excluding hydrogens is 471 g/mol. The lowest BCUT2D eigenvalue weighted by molar-refractivity contribution is -0.120. The third-order valence-corrected chi connectivity index (χ3v) is 5.76. The van der Waals surface area contributed by atoms with Crippen LogP contribution in [0.5, 0.6) is 0 Å². The molecule has 34 heavy (non-hydrogen) atoms. The molecule has 0 saturated carbocycles. The number of rotatable bonds is 8. The third-order valence-electron chi connectivity index (χ3n) is 5.22. The van der Waals surface area contributed by atoms with Crippen LogP contribution in [-0.4, -0.2) is 11.8 Å². The summed E-state index contributed by atoms with van der Waals surface area (Å²) in [7, 11) is 0. The van der Waals surface area contributed by atoms with Crippen molar-refractivity contribution in [3.63, 3.8) is 0 Å². The molecule has 1 aromatic heterocycles. The second kappa shape index (κ2) is 11.1. The highest BCUT2D eigenvalue weighted by atomic mass is 35.5. The average molecular weight is 493 g/mol. The second-order valence-corrected chi connectivity index (χ2v) is 8.55. The minimum Gasteiger partial charge on any atom is -0.467 e. The van der Waals surface area contributed by atoms with Crippen LogP contribution in [-0.2, 0) is 24.3 Å². The van der Waals surface area contributed by atoms with Gasteiger partial charge in [-0.15, -0.1) is 0 Å². The van der Waals surface area contributed by atoms with Crippen molar-refractivity contribution in [1.29, 1.82) is 0 Å². The van der Waals surface area contributed by atoms with Gasteiger partial charge < -0.3 is 14.6 Å². The average Bonchev–Trinajstić information content (AvgIpc) is 3.35. The number of carbonyl (C=O) groups excluding carboxylic acids is 2. The molecule has 0 unspecified atom stereocenters. The molecule has 4 rings (SSSR count). The first kappa shape index (κ1) is 23.6. The molecule has 0 saturated heterocycles. The van der Waals surface area contributed by atoms with Crippen molar-refractivity contribution in [1.82, 2.24) is 5.32 Å². The van der Waals surface area contributed by atoms with Crippen molar-refractivity contribution >= 4 is 40.7 Å². The van der Waals surface area contributed by atoms with E-state index < -0.39 is 0 Å². The Bertz CT molecular complexity index is 1270. The lowest BCUT2D eigenvalue weighted by Crippen LogP contribution is -2.31. The summed E-state index contributed by atoms with van der Waals surface area (Å²) >= 11 is 12.4. The molecule has 0 aliphatic heterocycles. The van der Waals surface area contributed by atoms with Crippen LogP contribution in [0.3, 0.4) is 0 Å². The highest BCUT2D eigenvalue weighted by Gasteiger charge is 2.21. The molecule has 2 amide bonds. The molecule has 0 spiro atoms. The fraction of sp³-hybridized carbons (Fsp3) is 0.111. The van der Waals surface area contributed by atoms with E-state index in [4.69, 9.17) is 27.6 Å². The zero-order valence-electron chi connectivity index (χ0n) is 18.2. The zero-order chi connectivity index (χ0) is 23.9. The van der Waals surface area contributed by atoms with Crippen molar-refractivity contribution in [2.75, 3.05) is 4.90 Å². The van der Waals surface area contributed by atoms with Gasteiger partial charge in [0.2, 0.25) is 5.91 Å². The third kappa shape index (κ3) is 6.07. The standard InChI is InChI=1S/C27H22Cl2N2O3/c28-21-11-12-24(25(29)16-21)27(33)31(18-19-6-2-1-3-7-19)22-9-4-8-20(14-22)15-26(32)30-17-23-10-5-13-34-23/h1-14,16H,15,17-18H2,(H,30,32). The molecule has 0 fully saturated rings. The summed E-state index contributed by atoms with van der Waals surface area (Å²) in [5.74, 6) is 0.279. The van der Waals surface area contributed by atoms with E-state index in [1.807, 2.05) is 54.6 Å². The van der Waals surface area contributed by atoms with Gasteiger partial charge >= 0.3 is 0 Å². The second-order valence-electron chi connectivity index (χ2n) is 7.70. The van der Waals surface area contributed by atoms with Gasteiger partial charge in [-0.25, -0.2) is 0 Å². The van der Waals surface area contributed by atoms with Crippen molar-refractivity contribution < 1.29 is 14.0 Å². The summed E-state index contributed by atoms with van der Waals surface area (Å²) < 4.78 is 5.25. The molecule has 5 nitrogen and oxygen atoms in total. The van der Waals surface area contributed by atoms with E-state index in [0.29, 0.717) is 35.1 Å². The highest BCUT2D eigenvalue weighted by molar-refractivity contribution is 6.37. The maximum atomic E-state index is 13.6. The van der Waals surface area contributed by atoms with Crippen molar-refractivity contribution in [2.24, 2.45) is 0 Å². The summed E-state index contributed by atoms with van der Waals surface area (Å²) in [5, 5.41) is 3.58. The Morgan fingerprint density at radius 1 is 0.853 bits per heavy atom. The van der Waals surface area contributed by atoms with E-state index in [9.17, 15) is 9.59 Å². The molecule has 0 atom stereocenters. The van der Waals surface area contributed by atoms with Gasteiger partial charge in [0, 0.05) is 10.7 Å². The van der Waals surface area contributed by atoms with E-state index in [1.54, 1.807) is 41.5 Å². The van der Waals surface area contributed by atoms with Crippen LogP contribution in [0.25, 0.3) is 0 Å². The van der Waals surface area contributed by atoms with Crippen LogP contribution in [0.15, 0.2) is 95.6 Å². The van der Waals surface area contributed by atoms with E-state index >= 15 is 0 Å². The Kier molecular flexibility index (Phi) is 7.68. The fourth-order valence-corrected chi connectivity index (χ4v) is 4.03. The number of benzene rings is 3. The van der Waals surface area contributed by atoms with Crippen LogP contribution in [0.4, 0.5) is 5.69 Å². The molecule has 0 aliphatic carbocycles. The maximum absolute atomic E-state index is 13.6. The van der Waals surface area contributed by atoms with Gasteiger partial charge in [0.15, 0.2) is 0 Å². The SMILES string of the molecule is O=C(Cc1cccc(N(Cc2ccccc2)C(=O)c2ccc(Cl)cc2Cl)c1)NCc1ccco1. The van der Waals surface area contributed by atoms with Crippen LogP contribution >= 0.6 is 23.2 Å². The molecule has 1 N–H and O–H groups in total. The number of nitrogens with one attached hydrogen (secondary N) is 1. The quantitative estimate of drug-likeness (QED) is 0.314. The topological polar surface area (TPSA) is 62.6 Å². The number of nitrogens with zero attached hydrogens (tertiary/aromatic N) is 1. The van der Waals surface area contributed by atoms with E-state index in [1.165, 1.54) is 0 Å². The number of amides is 2. The Morgan fingerprint density at radius 2 is 1.65 bits per heavy atom. The van der Waals surface area contributed by atoms with Crippen molar-refractivity contribution in [2.45, 2.75) is 19.5 Å². The zero-order valence-corrected chi connectivity index (χ0v) is 19.7. The Hall–Kier alpha value is -3.54. The van der Waals surface area contributed by atoms with Crippen LogP contribution in [0.1, 0.15) is 27.2 Å². The summed E-state index contributed by atoms with van der Waals surface area (Å²) in [6, 6.07) is 25.4. The Morgan fingerprint density at radius 3 is 2.38 bits per heavy atom. The van der Waals surface area contributed by atoms with Gasteiger partial charge in [0.25, 0.3) is 5.91 Å². The predicted molar refractivity (Wildman–Crippen MR) is 134 cm³/mol. The molecular formula is C27H22Cl2N2O3. The van der Waals surface area contributed by atoms with Gasteiger partial charge in [0.1, 0.15) is 5.76 Å². The first-order valence-corrected chi connectivity index (χ1v) is 11.4. The summed E-state index contributed by atoms with van der Waals surface area (Å²) in [6.07, 6.45) is 1.74. The minimum atomic E-state index is -0.259. The number of hydrogen-bond acceptors (Lipinski definition) is 3. The van der Waals surface area contributed by atoms with Crippen LogP contribution in [0, 0.1) is 0 Å². The Labute approximate surface area is 207 Å². The number of hydrogen-bond donors (Lipinski definition) is 1. The summed E-state index contributed by atoms with van der Waals surface area (Å²) in [4.78, 5) is 27.7. The maximum Gasteiger partial charge on any atom is 0.260 e. The van der Waals surface area contributed by atoms with E-state index in [-0.39, 0.29) is 23.3 Å². The number of furan rings is 1. The summed E-state index contributed by atoms with van der Waals surface area (Å²) in [6.45, 7) is 0.659. The monoisotopic (exact) mass is 492 g/mol. The molecule has 3 aromatic carbocycles. The van der Waals surface area contributed by atoms with Gasteiger partial charge in [-0.2, -0.15) is 0 Å². The predicted octanol–water partition coefficient (Wildman–Crippen LogP) is 6.29. The van der Waals surface area contributed by atoms with Gasteiger partial charge in [0.05, 0.1) is 36.4 Å². The number of carbonyl (C=O) groups is 2. The van der Waals surface area contributed by atoms with Gasteiger partial charge in [-0.1, -0.05) is 65.7 Å². The lowest BCUT2D eigenvalue weighted by Gasteiger charge is -2.24. The number of anilines is 1. The van der Waals surface area contributed by atoms with E-state index in [0.717, 1.165) is 11.1 Å². The fourth-order valence-electron chi connectivity index (χ4n) is 3.54.